The molecule has 0 saturated heterocycles. The van der Waals surface area contributed by atoms with Crippen LogP contribution in [0.5, 0.6) is 0 Å². The second-order valence-electron chi connectivity index (χ2n) is 3.49. The van der Waals surface area contributed by atoms with E-state index < -0.39 is 12.0 Å². The summed E-state index contributed by atoms with van der Waals surface area (Å²) < 4.78 is 0. The zero-order valence-corrected chi connectivity index (χ0v) is 8.90. The number of hydrogen-bond donors (Lipinski definition) is 0. The molecule has 0 saturated carbocycles. The lowest BCUT2D eigenvalue weighted by atomic mass is 9.93. The van der Waals surface area contributed by atoms with E-state index in [-0.39, 0.29) is 4.92 Å². The van der Waals surface area contributed by atoms with Crippen molar-refractivity contribution in [1.29, 1.82) is 5.26 Å². The van der Waals surface area contributed by atoms with Crippen molar-refractivity contribution < 1.29 is 4.92 Å². The summed E-state index contributed by atoms with van der Waals surface area (Å²) in [6.07, 6.45) is 4.14. The number of rotatable bonds is 7. The zero-order valence-electron chi connectivity index (χ0n) is 8.90. The standard InChI is InChI=1S/C10H18N2O2/c1-3-5-6-7-9(8-11)10(4-2)12(13)14/h9-10H,3-7H2,1-2H3. The van der Waals surface area contributed by atoms with Crippen molar-refractivity contribution in [2.75, 3.05) is 0 Å². The Balaban J connectivity index is 4.10. The van der Waals surface area contributed by atoms with Crippen LogP contribution in [-0.4, -0.2) is 11.0 Å². The number of nitrogens with zero attached hydrogens (tertiary/aromatic N) is 2. The highest BCUT2D eigenvalue weighted by Gasteiger charge is 2.28. The fourth-order valence-corrected chi connectivity index (χ4v) is 1.54. The van der Waals surface area contributed by atoms with Crippen molar-refractivity contribution in [3.8, 4) is 6.07 Å². The van der Waals surface area contributed by atoms with E-state index >= 15 is 0 Å². The fourth-order valence-electron chi connectivity index (χ4n) is 1.54. The fraction of sp³-hybridized carbons (Fsp3) is 0.900. The normalized spacial score (nSPS) is 14.4. The lowest BCUT2D eigenvalue weighted by Crippen LogP contribution is -2.27. The molecule has 0 aliphatic carbocycles. The molecule has 0 radical (unpaired) electrons. The van der Waals surface area contributed by atoms with Crippen LogP contribution < -0.4 is 0 Å². The quantitative estimate of drug-likeness (QED) is 0.359. The van der Waals surface area contributed by atoms with Crippen LogP contribution in [0.25, 0.3) is 0 Å². The Morgan fingerprint density at radius 2 is 2.07 bits per heavy atom. The van der Waals surface area contributed by atoms with Crippen LogP contribution in [-0.2, 0) is 0 Å². The van der Waals surface area contributed by atoms with Gasteiger partial charge in [0, 0.05) is 11.3 Å². The maximum absolute atomic E-state index is 10.6. The number of hydrogen-bond acceptors (Lipinski definition) is 3. The third kappa shape index (κ3) is 4.22. The van der Waals surface area contributed by atoms with Crippen LogP contribution >= 0.6 is 0 Å². The third-order valence-electron chi connectivity index (χ3n) is 2.44. The Kier molecular flexibility index (Phi) is 6.73. The smallest absolute Gasteiger partial charge is 0.228 e. The van der Waals surface area contributed by atoms with Crippen LogP contribution in [0.2, 0.25) is 0 Å². The van der Waals surface area contributed by atoms with Crippen molar-refractivity contribution in [2.45, 2.75) is 52.0 Å². The molecule has 4 heteroatoms. The SMILES string of the molecule is CCCCCC(C#N)C(CC)[N+](=O)[O-]. The molecule has 0 fully saturated rings. The molecule has 0 aromatic rings. The minimum absolute atomic E-state index is 0.320. The molecule has 0 aliphatic heterocycles. The summed E-state index contributed by atoms with van der Waals surface area (Å²) in [6, 6.07) is 1.37. The van der Waals surface area contributed by atoms with E-state index in [1.54, 1.807) is 6.92 Å². The number of unbranched alkanes of at least 4 members (excludes halogenated alkanes) is 2. The van der Waals surface area contributed by atoms with E-state index in [9.17, 15) is 10.1 Å². The van der Waals surface area contributed by atoms with Gasteiger partial charge in [-0.1, -0.05) is 33.1 Å². The van der Waals surface area contributed by atoms with Gasteiger partial charge in [-0.05, 0) is 6.42 Å². The van der Waals surface area contributed by atoms with E-state index in [0.29, 0.717) is 12.8 Å². The van der Waals surface area contributed by atoms with Gasteiger partial charge >= 0.3 is 0 Å². The molecule has 0 bridgehead atoms. The summed E-state index contributed by atoms with van der Waals surface area (Å²) in [6.45, 7) is 3.84. The van der Waals surface area contributed by atoms with Gasteiger partial charge in [-0.3, -0.25) is 10.1 Å². The van der Waals surface area contributed by atoms with Crippen LogP contribution in [0.1, 0.15) is 46.0 Å². The minimum Gasteiger partial charge on any atom is -0.264 e. The first-order chi connectivity index (χ1) is 6.67. The van der Waals surface area contributed by atoms with Gasteiger partial charge in [0.05, 0.1) is 6.07 Å². The first-order valence-corrected chi connectivity index (χ1v) is 5.20. The molecule has 0 spiro atoms. The Labute approximate surface area is 85.1 Å². The summed E-state index contributed by atoms with van der Waals surface area (Å²) in [7, 11) is 0. The van der Waals surface area contributed by atoms with E-state index in [4.69, 9.17) is 5.26 Å². The second kappa shape index (κ2) is 7.31. The van der Waals surface area contributed by atoms with Crippen molar-refractivity contribution >= 4 is 0 Å². The highest BCUT2D eigenvalue weighted by Crippen LogP contribution is 2.17. The van der Waals surface area contributed by atoms with Gasteiger partial charge < -0.3 is 0 Å². The maximum atomic E-state index is 10.6. The highest BCUT2D eigenvalue weighted by molar-refractivity contribution is 4.87. The van der Waals surface area contributed by atoms with Crippen molar-refractivity contribution in [3.05, 3.63) is 10.1 Å². The van der Waals surface area contributed by atoms with Crippen molar-refractivity contribution in [1.82, 2.24) is 0 Å². The second-order valence-corrected chi connectivity index (χ2v) is 3.49. The molecule has 0 aliphatic rings. The Bertz CT molecular complexity index is 211. The summed E-state index contributed by atoms with van der Waals surface area (Å²) in [5, 5.41) is 19.4. The molecule has 0 N–H and O–H groups in total. The molecule has 0 amide bonds. The van der Waals surface area contributed by atoms with E-state index in [1.807, 2.05) is 0 Å². The average Bonchev–Trinajstić information content (AvgIpc) is 2.16. The van der Waals surface area contributed by atoms with Crippen LogP contribution in [0.4, 0.5) is 0 Å². The zero-order chi connectivity index (χ0) is 11.0. The average molecular weight is 198 g/mol. The summed E-state index contributed by atoms with van der Waals surface area (Å²) in [5.74, 6) is -0.415. The summed E-state index contributed by atoms with van der Waals surface area (Å²) in [5.41, 5.74) is 0. The lowest BCUT2D eigenvalue weighted by Gasteiger charge is -2.12. The van der Waals surface area contributed by atoms with Gasteiger partial charge in [-0.15, -0.1) is 0 Å². The predicted octanol–water partition coefficient (Wildman–Crippen LogP) is 2.76. The molecule has 0 aromatic carbocycles. The van der Waals surface area contributed by atoms with Crippen LogP contribution in [0, 0.1) is 27.4 Å². The number of nitro groups is 1. The summed E-state index contributed by atoms with van der Waals surface area (Å²) >= 11 is 0. The Hall–Kier alpha value is -1.11. The lowest BCUT2D eigenvalue weighted by molar-refractivity contribution is -0.529. The molecule has 4 nitrogen and oxygen atoms in total. The van der Waals surface area contributed by atoms with Crippen LogP contribution in [0.3, 0.4) is 0 Å². The molecule has 0 aromatic heterocycles. The molecule has 0 rings (SSSR count). The first-order valence-electron chi connectivity index (χ1n) is 5.20. The van der Waals surface area contributed by atoms with Crippen molar-refractivity contribution in [2.24, 2.45) is 5.92 Å². The summed E-state index contributed by atoms with van der Waals surface area (Å²) in [4.78, 5) is 10.3. The van der Waals surface area contributed by atoms with E-state index in [1.165, 1.54) is 0 Å². The monoisotopic (exact) mass is 198 g/mol. The van der Waals surface area contributed by atoms with Crippen LogP contribution in [0.15, 0.2) is 0 Å². The largest absolute Gasteiger partial charge is 0.264 e. The first kappa shape index (κ1) is 12.9. The van der Waals surface area contributed by atoms with Gasteiger partial charge in [0.25, 0.3) is 0 Å². The van der Waals surface area contributed by atoms with E-state index in [0.717, 1.165) is 19.3 Å². The van der Waals surface area contributed by atoms with E-state index in [2.05, 4.69) is 13.0 Å². The topological polar surface area (TPSA) is 66.9 Å². The minimum atomic E-state index is -0.683. The van der Waals surface area contributed by atoms with Crippen molar-refractivity contribution in [3.63, 3.8) is 0 Å². The van der Waals surface area contributed by atoms with Gasteiger partial charge in [0.1, 0.15) is 5.92 Å². The number of nitriles is 1. The van der Waals surface area contributed by atoms with Gasteiger partial charge in [-0.2, -0.15) is 5.26 Å². The Morgan fingerprint density at radius 1 is 1.43 bits per heavy atom. The Morgan fingerprint density at radius 3 is 2.43 bits per heavy atom. The predicted molar refractivity (Wildman–Crippen MR) is 54.3 cm³/mol. The molecule has 80 valence electrons. The van der Waals surface area contributed by atoms with Gasteiger partial charge in [0.2, 0.25) is 6.04 Å². The third-order valence-corrected chi connectivity index (χ3v) is 2.44. The molecular formula is C10H18N2O2. The molecule has 2 atom stereocenters. The van der Waals surface area contributed by atoms with Gasteiger partial charge in [0.15, 0.2) is 0 Å². The molecule has 0 heterocycles. The highest BCUT2D eigenvalue weighted by atomic mass is 16.6. The molecule has 14 heavy (non-hydrogen) atoms. The molecular weight excluding hydrogens is 180 g/mol. The van der Waals surface area contributed by atoms with Gasteiger partial charge in [-0.25, -0.2) is 0 Å². The molecule has 2 unspecified atom stereocenters. The maximum Gasteiger partial charge on any atom is 0.228 e.